The van der Waals surface area contributed by atoms with Crippen LogP contribution in [0.1, 0.15) is 25.0 Å². The molecule has 3 nitrogen and oxygen atoms in total. The van der Waals surface area contributed by atoms with E-state index in [0.717, 1.165) is 17.4 Å². The van der Waals surface area contributed by atoms with Crippen LogP contribution in [0.15, 0.2) is 22.7 Å². The van der Waals surface area contributed by atoms with E-state index < -0.39 is 0 Å². The Morgan fingerprint density at radius 1 is 1.56 bits per heavy atom. The van der Waals surface area contributed by atoms with Gasteiger partial charge in [0, 0.05) is 17.1 Å². The van der Waals surface area contributed by atoms with Crippen molar-refractivity contribution in [1.29, 1.82) is 0 Å². The number of ether oxygens (including phenoxy) is 1. The van der Waals surface area contributed by atoms with Crippen LogP contribution in [0.5, 0.6) is 0 Å². The lowest BCUT2D eigenvalue weighted by Gasteiger charge is -2.38. The molecule has 0 spiro atoms. The van der Waals surface area contributed by atoms with Gasteiger partial charge in [-0.1, -0.05) is 28.1 Å². The molecular formula is C14H18BrNO2. The Balaban J connectivity index is 2.26. The molecule has 0 N–H and O–H groups in total. The van der Waals surface area contributed by atoms with Gasteiger partial charge in [0.25, 0.3) is 0 Å². The highest BCUT2D eigenvalue weighted by Gasteiger charge is 2.31. The summed E-state index contributed by atoms with van der Waals surface area (Å²) in [6, 6.07) is 6.39. The van der Waals surface area contributed by atoms with Crippen LogP contribution in [0, 0.1) is 0 Å². The highest BCUT2D eigenvalue weighted by atomic mass is 79.9. The zero-order valence-electron chi connectivity index (χ0n) is 10.9. The van der Waals surface area contributed by atoms with Gasteiger partial charge in [0.2, 0.25) is 0 Å². The standard InChI is InChI=1S/C14H18BrNO2/c1-9-7-12-11(5-4-6-13(12)15)8-16(9)10(2)14(17)18-3/h4-6,9-10H,7-8H2,1-3H3. The maximum absolute atomic E-state index is 11.7. The highest BCUT2D eigenvalue weighted by Crippen LogP contribution is 2.30. The molecule has 2 atom stereocenters. The Kier molecular flexibility index (Phi) is 4.07. The monoisotopic (exact) mass is 311 g/mol. The highest BCUT2D eigenvalue weighted by molar-refractivity contribution is 9.10. The molecule has 0 aliphatic carbocycles. The van der Waals surface area contributed by atoms with Gasteiger partial charge in [0.1, 0.15) is 6.04 Å². The third kappa shape index (κ3) is 2.45. The first kappa shape index (κ1) is 13.6. The molecule has 1 aliphatic heterocycles. The van der Waals surface area contributed by atoms with Crippen LogP contribution in [0.3, 0.4) is 0 Å². The van der Waals surface area contributed by atoms with Crippen molar-refractivity contribution in [1.82, 2.24) is 4.90 Å². The number of carbonyl (C=O) groups is 1. The van der Waals surface area contributed by atoms with E-state index in [2.05, 4.69) is 39.9 Å². The van der Waals surface area contributed by atoms with E-state index in [1.807, 2.05) is 13.0 Å². The smallest absolute Gasteiger partial charge is 0.322 e. The van der Waals surface area contributed by atoms with Crippen molar-refractivity contribution < 1.29 is 9.53 Å². The number of nitrogens with zero attached hydrogens (tertiary/aromatic N) is 1. The summed E-state index contributed by atoms with van der Waals surface area (Å²) in [6.07, 6.45) is 0.956. The van der Waals surface area contributed by atoms with Gasteiger partial charge in [0.15, 0.2) is 0 Å². The molecule has 4 heteroatoms. The minimum atomic E-state index is -0.197. The molecule has 0 amide bonds. The molecule has 18 heavy (non-hydrogen) atoms. The number of rotatable bonds is 2. The second kappa shape index (κ2) is 5.41. The molecule has 1 aromatic carbocycles. The third-order valence-corrected chi connectivity index (χ3v) is 4.42. The van der Waals surface area contributed by atoms with Gasteiger partial charge in [-0.15, -0.1) is 0 Å². The first-order chi connectivity index (χ1) is 8.54. The molecule has 0 bridgehead atoms. The summed E-state index contributed by atoms with van der Waals surface area (Å²) in [6.45, 7) is 4.86. The normalized spacial score (nSPS) is 21.2. The molecule has 2 unspecified atom stereocenters. The zero-order valence-corrected chi connectivity index (χ0v) is 12.5. The lowest BCUT2D eigenvalue weighted by Crippen LogP contribution is -2.47. The molecule has 0 saturated carbocycles. The fourth-order valence-corrected chi connectivity index (χ4v) is 3.14. The predicted octanol–water partition coefficient (Wildman–Crippen LogP) is 2.76. The third-order valence-electron chi connectivity index (χ3n) is 3.67. The van der Waals surface area contributed by atoms with Crippen molar-refractivity contribution in [3.63, 3.8) is 0 Å². The summed E-state index contributed by atoms with van der Waals surface area (Å²) in [5.74, 6) is -0.166. The maximum Gasteiger partial charge on any atom is 0.322 e. The molecule has 1 heterocycles. The van der Waals surface area contributed by atoms with E-state index in [9.17, 15) is 4.79 Å². The molecule has 0 saturated heterocycles. The average molecular weight is 312 g/mol. The Morgan fingerprint density at radius 3 is 2.94 bits per heavy atom. The minimum Gasteiger partial charge on any atom is -0.468 e. The van der Waals surface area contributed by atoms with Crippen LogP contribution in [0.4, 0.5) is 0 Å². The maximum atomic E-state index is 11.7. The second-order valence-electron chi connectivity index (χ2n) is 4.80. The number of methoxy groups -OCH3 is 1. The van der Waals surface area contributed by atoms with E-state index >= 15 is 0 Å². The molecule has 1 aliphatic rings. The first-order valence-electron chi connectivity index (χ1n) is 6.14. The lowest BCUT2D eigenvalue weighted by atomic mass is 9.93. The number of esters is 1. The summed E-state index contributed by atoms with van der Waals surface area (Å²) in [7, 11) is 1.44. The van der Waals surface area contributed by atoms with Crippen molar-refractivity contribution in [3.8, 4) is 0 Å². The Morgan fingerprint density at radius 2 is 2.28 bits per heavy atom. The number of fused-ring (bicyclic) bond motifs is 1. The quantitative estimate of drug-likeness (QED) is 0.787. The van der Waals surface area contributed by atoms with Crippen LogP contribution >= 0.6 is 15.9 Å². The van der Waals surface area contributed by atoms with Crippen molar-refractivity contribution in [2.45, 2.75) is 38.9 Å². The van der Waals surface area contributed by atoms with Crippen molar-refractivity contribution in [3.05, 3.63) is 33.8 Å². The number of benzene rings is 1. The second-order valence-corrected chi connectivity index (χ2v) is 5.66. The summed E-state index contributed by atoms with van der Waals surface area (Å²) in [4.78, 5) is 13.9. The zero-order chi connectivity index (χ0) is 13.3. The molecule has 1 aromatic rings. The number of hydrogen-bond acceptors (Lipinski definition) is 3. The van der Waals surface area contributed by atoms with Gasteiger partial charge in [0.05, 0.1) is 7.11 Å². The van der Waals surface area contributed by atoms with Crippen LogP contribution in [-0.4, -0.2) is 30.1 Å². The molecule has 98 valence electrons. The van der Waals surface area contributed by atoms with Gasteiger partial charge < -0.3 is 4.74 Å². The SMILES string of the molecule is COC(=O)C(C)N1Cc2cccc(Br)c2CC1C. The predicted molar refractivity (Wildman–Crippen MR) is 74.3 cm³/mol. The first-order valence-corrected chi connectivity index (χ1v) is 6.93. The molecule has 0 fully saturated rings. The summed E-state index contributed by atoms with van der Waals surface area (Å²) in [5, 5.41) is 0. The fraction of sp³-hybridized carbons (Fsp3) is 0.500. The summed E-state index contributed by atoms with van der Waals surface area (Å²) in [5.41, 5.74) is 2.65. The molecule has 0 aromatic heterocycles. The van der Waals surface area contributed by atoms with Crippen molar-refractivity contribution in [2.24, 2.45) is 0 Å². The van der Waals surface area contributed by atoms with Crippen molar-refractivity contribution >= 4 is 21.9 Å². The summed E-state index contributed by atoms with van der Waals surface area (Å²) >= 11 is 3.60. The lowest BCUT2D eigenvalue weighted by molar-refractivity contribution is -0.147. The van der Waals surface area contributed by atoms with Gasteiger partial charge in [-0.05, 0) is 37.5 Å². The van der Waals surface area contributed by atoms with E-state index in [1.54, 1.807) is 0 Å². The number of hydrogen-bond donors (Lipinski definition) is 0. The Labute approximate surface area is 116 Å². The average Bonchev–Trinajstić information content (AvgIpc) is 2.37. The van der Waals surface area contributed by atoms with Gasteiger partial charge >= 0.3 is 5.97 Å². The van der Waals surface area contributed by atoms with Crippen LogP contribution < -0.4 is 0 Å². The number of carbonyl (C=O) groups excluding carboxylic acids is 1. The minimum absolute atomic E-state index is 0.166. The summed E-state index contributed by atoms with van der Waals surface area (Å²) < 4.78 is 6.00. The van der Waals surface area contributed by atoms with Crippen LogP contribution in [0.2, 0.25) is 0 Å². The Bertz CT molecular complexity index is 461. The van der Waals surface area contributed by atoms with Crippen LogP contribution in [-0.2, 0) is 22.5 Å². The largest absolute Gasteiger partial charge is 0.468 e. The van der Waals surface area contributed by atoms with Crippen molar-refractivity contribution in [2.75, 3.05) is 7.11 Å². The van der Waals surface area contributed by atoms with Gasteiger partial charge in [-0.2, -0.15) is 0 Å². The van der Waals surface area contributed by atoms with E-state index in [0.29, 0.717) is 6.04 Å². The van der Waals surface area contributed by atoms with E-state index in [4.69, 9.17) is 4.74 Å². The molecule has 2 rings (SSSR count). The molecular weight excluding hydrogens is 294 g/mol. The van der Waals surface area contributed by atoms with Gasteiger partial charge in [-0.25, -0.2) is 0 Å². The van der Waals surface area contributed by atoms with Gasteiger partial charge in [-0.3, -0.25) is 9.69 Å². The number of halogens is 1. The van der Waals surface area contributed by atoms with Crippen LogP contribution in [0.25, 0.3) is 0 Å². The van der Waals surface area contributed by atoms with E-state index in [-0.39, 0.29) is 12.0 Å². The fourth-order valence-electron chi connectivity index (χ4n) is 2.57. The molecule has 0 radical (unpaired) electrons. The van der Waals surface area contributed by atoms with E-state index in [1.165, 1.54) is 18.2 Å². The Hall–Kier alpha value is -0.870. The topological polar surface area (TPSA) is 29.5 Å².